The van der Waals surface area contributed by atoms with E-state index in [0.29, 0.717) is 19.4 Å². The molecule has 0 rings (SSSR count). The van der Waals surface area contributed by atoms with Crippen molar-refractivity contribution in [3.8, 4) is 0 Å². The van der Waals surface area contributed by atoms with Gasteiger partial charge in [-0.2, -0.15) is 0 Å². The molecular formula is C86H169NO5. The predicted octanol–water partition coefficient (Wildman–Crippen LogP) is 28.6. The van der Waals surface area contributed by atoms with E-state index >= 15 is 0 Å². The van der Waals surface area contributed by atoms with Crippen LogP contribution in [0.15, 0.2) is 12.2 Å². The van der Waals surface area contributed by atoms with E-state index in [0.717, 1.165) is 38.5 Å². The summed E-state index contributed by atoms with van der Waals surface area (Å²) in [6, 6.07) is -0.625. The van der Waals surface area contributed by atoms with Gasteiger partial charge in [0.2, 0.25) is 5.91 Å². The lowest BCUT2D eigenvalue weighted by Crippen LogP contribution is -2.45. The zero-order valence-corrected chi connectivity index (χ0v) is 63.1. The van der Waals surface area contributed by atoms with Gasteiger partial charge in [0.05, 0.1) is 25.4 Å². The summed E-state index contributed by atoms with van der Waals surface area (Å²) in [6.07, 6.45) is 105. The molecule has 0 saturated carbocycles. The van der Waals surface area contributed by atoms with E-state index in [2.05, 4.69) is 19.2 Å². The fourth-order valence-corrected chi connectivity index (χ4v) is 14.1. The molecule has 0 aliphatic heterocycles. The van der Waals surface area contributed by atoms with Gasteiger partial charge in [-0.1, -0.05) is 469 Å². The molecule has 1 amide bonds. The maximum absolute atomic E-state index is 12.6. The number of nitrogens with one attached hydrogen (secondary N) is 1. The molecule has 0 spiro atoms. The van der Waals surface area contributed by atoms with Gasteiger partial charge in [-0.05, 0) is 32.1 Å². The number of aliphatic hydroxyl groups excluding tert-OH is 2. The van der Waals surface area contributed by atoms with E-state index in [1.807, 2.05) is 6.08 Å². The summed E-state index contributed by atoms with van der Waals surface area (Å²) in [5.41, 5.74) is 0. The number of unbranched alkanes of at least 4 members (excludes halogenated alkanes) is 71. The summed E-state index contributed by atoms with van der Waals surface area (Å²) < 4.78 is 5.53. The summed E-state index contributed by atoms with van der Waals surface area (Å²) in [6.45, 7) is 4.98. The Balaban J connectivity index is 3.33. The average Bonchev–Trinajstić information content (AvgIpc) is 3.51. The van der Waals surface area contributed by atoms with Gasteiger partial charge in [-0.15, -0.1) is 0 Å². The van der Waals surface area contributed by atoms with Crippen molar-refractivity contribution in [2.45, 2.75) is 514 Å². The molecule has 0 fully saturated rings. The van der Waals surface area contributed by atoms with Crippen LogP contribution in [-0.2, 0) is 14.3 Å². The van der Waals surface area contributed by atoms with Crippen LogP contribution in [0.1, 0.15) is 502 Å². The number of amides is 1. The van der Waals surface area contributed by atoms with Crippen LogP contribution in [0.3, 0.4) is 0 Å². The molecule has 0 aromatic heterocycles. The predicted molar refractivity (Wildman–Crippen MR) is 407 cm³/mol. The van der Waals surface area contributed by atoms with Crippen molar-refractivity contribution in [2.24, 2.45) is 0 Å². The van der Waals surface area contributed by atoms with Gasteiger partial charge in [0.1, 0.15) is 0 Å². The molecular weight excluding hydrogens is 1130 g/mol. The number of ether oxygens (including phenoxy) is 1. The minimum absolute atomic E-state index is 0.0273. The van der Waals surface area contributed by atoms with Crippen molar-refractivity contribution in [3.05, 3.63) is 12.2 Å². The Kier molecular flexibility index (Phi) is 80.8. The van der Waals surface area contributed by atoms with E-state index in [9.17, 15) is 19.8 Å². The largest absolute Gasteiger partial charge is 0.466 e. The van der Waals surface area contributed by atoms with E-state index in [1.54, 1.807) is 6.08 Å². The van der Waals surface area contributed by atoms with Crippen molar-refractivity contribution >= 4 is 11.9 Å². The van der Waals surface area contributed by atoms with Crippen molar-refractivity contribution in [1.82, 2.24) is 5.32 Å². The van der Waals surface area contributed by atoms with Gasteiger partial charge < -0.3 is 20.3 Å². The molecule has 0 aromatic rings. The molecule has 6 heteroatoms. The standard InChI is InChI=1S/C86H169NO5/c1-3-5-7-9-11-13-15-17-19-21-23-24-25-36-39-43-46-50-54-58-62-66-70-74-78-84(89)83(82-88)87-85(90)79-75-71-67-63-59-55-51-47-44-40-37-34-32-30-28-26-27-29-31-33-35-38-41-45-49-53-57-61-65-69-73-77-81-92-86(91)80-76-72-68-64-60-56-52-48-42-22-20-18-16-14-12-10-8-6-4-2/h74,78,83-84,88-89H,3-73,75-77,79-82H2,1-2H3,(H,87,90)/b78-74+. The van der Waals surface area contributed by atoms with E-state index in [4.69, 9.17) is 4.74 Å². The number of carbonyl (C=O) groups is 2. The lowest BCUT2D eigenvalue weighted by molar-refractivity contribution is -0.143. The van der Waals surface area contributed by atoms with Gasteiger partial charge >= 0.3 is 5.97 Å². The Morgan fingerprint density at radius 3 is 0.739 bits per heavy atom. The van der Waals surface area contributed by atoms with Crippen LogP contribution < -0.4 is 5.32 Å². The summed E-state index contributed by atoms with van der Waals surface area (Å²) in [5, 5.41) is 23.3. The number of aliphatic hydroxyl groups is 2. The van der Waals surface area contributed by atoms with Gasteiger partial charge in [0, 0.05) is 12.8 Å². The molecule has 0 radical (unpaired) electrons. The normalized spacial score (nSPS) is 12.4. The molecule has 6 nitrogen and oxygen atoms in total. The number of carbonyl (C=O) groups excluding carboxylic acids is 2. The van der Waals surface area contributed by atoms with E-state index in [-0.39, 0.29) is 18.5 Å². The molecule has 0 saturated heterocycles. The Hall–Kier alpha value is -1.40. The summed E-state index contributed by atoms with van der Waals surface area (Å²) in [4.78, 5) is 24.7. The first-order valence-electron chi connectivity index (χ1n) is 43.0. The first kappa shape index (κ1) is 90.6. The number of hydrogen-bond donors (Lipinski definition) is 3. The van der Waals surface area contributed by atoms with Crippen molar-refractivity contribution in [3.63, 3.8) is 0 Å². The highest BCUT2D eigenvalue weighted by Crippen LogP contribution is 2.21. The van der Waals surface area contributed by atoms with E-state index < -0.39 is 12.1 Å². The molecule has 0 heterocycles. The Labute approximate surface area is 578 Å². The first-order chi connectivity index (χ1) is 45.5. The quantitative estimate of drug-likeness (QED) is 0.0320. The molecule has 3 N–H and O–H groups in total. The SMILES string of the molecule is CCCCCCCCCCCCCCCCCCCCCCCC/C=C/C(O)C(CO)NC(=O)CCCCCCCCCCCCCCCCCCCCCCCCCCCCCCCCCCOC(=O)CCCCCCCCCCCCCCCCCCCCC. The zero-order chi connectivity index (χ0) is 66.3. The highest BCUT2D eigenvalue weighted by molar-refractivity contribution is 5.76. The molecule has 548 valence electrons. The highest BCUT2D eigenvalue weighted by Gasteiger charge is 2.18. The third-order valence-electron chi connectivity index (χ3n) is 20.6. The Morgan fingerprint density at radius 2 is 0.500 bits per heavy atom. The highest BCUT2D eigenvalue weighted by atomic mass is 16.5. The molecule has 92 heavy (non-hydrogen) atoms. The second-order valence-corrected chi connectivity index (χ2v) is 29.9. The lowest BCUT2D eigenvalue weighted by atomic mass is 10.0. The summed E-state index contributed by atoms with van der Waals surface area (Å²) in [7, 11) is 0. The van der Waals surface area contributed by atoms with Gasteiger partial charge in [-0.25, -0.2) is 0 Å². The Bertz CT molecular complexity index is 1400. The zero-order valence-electron chi connectivity index (χ0n) is 63.1. The third-order valence-corrected chi connectivity index (χ3v) is 20.6. The van der Waals surface area contributed by atoms with Gasteiger partial charge in [0.25, 0.3) is 0 Å². The number of allylic oxidation sites excluding steroid dienone is 1. The van der Waals surface area contributed by atoms with Crippen LogP contribution >= 0.6 is 0 Å². The minimum atomic E-state index is -0.842. The fourth-order valence-electron chi connectivity index (χ4n) is 14.1. The second-order valence-electron chi connectivity index (χ2n) is 29.9. The van der Waals surface area contributed by atoms with Crippen LogP contribution in [0.25, 0.3) is 0 Å². The van der Waals surface area contributed by atoms with Crippen LogP contribution in [-0.4, -0.2) is 47.4 Å². The molecule has 2 atom stereocenters. The maximum Gasteiger partial charge on any atom is 0.305 e. The fraction of sp³-hybridized carbons (Fsp3) is 0.953. The van der Waals surface area contributed by atoms with Crippen LogP contribution in [0.4, 0.5) is 0 Å². The minimum Gasteiger partial charge on any atom is -0.466 e. The molecule has 0 aliphatic carbocycles. The monoisotopic (exact) mass is 1300 g/mol. The molecule has 0 aliphatic rings. The first-order valence-corrected chi connectivity index (χ1v) is 43.0. The molecule has 0 aromatic carbocycles. The van der Waals surface area contributed by atoms with Crippen LogP contribution in [0, 0.1) is 0 Å². The second kappa shape index (κ2) is 82.0. The average molecular weight is 1300 g/mol. The van der Waals surface area contributed by atoms with Crippen LogP contribution in [0.2, 0.25) is 0 Å². The number of rotatable bonds is 82. The molecule has 2 unspecified atom stereocenters. The molecule has 0 bridgehead atoms. The lowest BCUT2D eigenvalue weighted by Gasteiger charge is -2.20. The third kappa shape index (κ3) is 77.6. The smallest absolute Gasteiger partial charge is 0.305 e. The van der Waals surface area contributed by atoms with Crippen molar-refractivity contribution in [1.29, 1.82) is 0 Å². The maximum atomic E-state index is 12.6. The summed E-state index contributed by atoms with van der Waals surface area (Å²) >= 11 is 0. The topological polar surface area (TPSA) is 95.9 Å². The number of esters is 1. The van der Waals surface area contributed by atoms with Gasteiger partial charge in [0.15, 0.2) is 0 Å². The summed E-state index contributed by atoms with van der Waals surface area (Å²) in [5.74, 6) is -0.0299. The Morgan fingerprint density at radius 1 is 0.293 bits per heavy atom. The van der Waals surface area contributed by atoms with E-state index in [1.165, 1.54) is 437 Å². The van der Waals surface area contributed by atoms with Gasteiger partial charge in [-0.3, -0.25) is 9.59 Å². The number of hydrogen-bond acceptors (Lipinski definition) is 5. The van der Waals surface area contributed by atoms with Crippen LogP contribution in [0.5, 0.6) is 0 Å². The van der Waals surface area contributed by atoms with Crippen molar-refractivity contribution in [2.75, 3.05) is 13.2 Å². The van der Waals surface area contributed by atoms with Crippen molar-refractivity contribution < 1.29 is 24.5 Å².